The Balaban J connectivity index is 1.38. The average Bonchev–Trinajstić information content (AvgIpc) is 3.35. The van der Waals surface area contributed by atoms with E-state index in [2.05, 4.69) is 15.5 Å². The Morgan fingerprint density at radius 2 is 1.97 bits per heavy atom. The number of ether oxygens (including phenoxy) is 1. The van der Waals surface area contributed by atoms with Crippen LogP contribution >= 0.6 is 11.6 Å². The molecule has 9 heteroatoms. The Labute approximate surface area is 183 Å². The number of aromatic nitrogens is 4. The first kappa shape index (κ1) is 20.6. The van der Waals surface area contributed by atoms with Crippen LogP contribution in [0.15, 0.2) is 66.9 Å². The minimum absolute atomic E-state index is 0.129. The van der Waals surface area contributed by atoms with Gasteiger partial charge in [-0.15, -0.1) is 0 Å². The SMILES string of the molecule is Cc1cc(NC(=O)c2ccn(COc3cccc(Cl)c3)n2)nn1Cc1ccccc1F. The molecule has 0 saturated carbocycles. The van der Waals surface area contributed by atoms with E-state index in [0.717, 1.165) is 5.69 Å². The van der Waals surface area contributed by atoms with Gasteiger partial charge in [-0.1, -0.05) is 35.9 Å². The van der Waals surface area contributed by atoms with E-state index in [1.54, 1.807) is 65.5 Å². The molecule has 2 heterocycles. The van der Waals surface area contributed by atoms with Crippen molar-refractivity contribution in [2.75, 3.05) is 5.32 Å². The van der Waals surface area contributed by atoms with Gasteiger partial charge < -0.3 is 10.1 Å². The summed E-state index contributed by atoms with van der Waals surface area (Å²) in [6.45, 7) is 2.24. The molecule has 0 aliphatic rings. The van der Waals surface area contributed by atoms with E-state index < -0.39 is 5.91 Å². The predicted molar refractivity (Wildman–Crippen MR) is 115 cm³/mol. The topological polar surface area (TPSA) is 74.0 Å². The number of carbonyl (C=O) groups is 1. The third-order valence-corrected chi connectivity index (χ3v) is 4.77. The summed E-state index contributed by atoms with van der Waals surface area (Å²) in [6.07, 6.45) is 1.64. The predicted octanol–water partition coefficient (Wildman–Crippen LogP) is 4.52. The van der Waals surface area contributed by atoms with Gasteiger partial charge >= 0.3 is 0 Å². The summed E-state index contributed by atoms with van der Waals surface area (Å²) in [5.41, 5.74) is 1.53. The number of hydrogen-bond acceptors (Lipinski definition) is 4. The zero-order valence-corrected chi connectivity index (χ0v) is 17.4. The highest BCUT2D eigenvalue weighted by Gasteiger charge is 2.14. The van der Waals surface area contributed by atoms with Crippen LogP contribution in [0.2, 0.25) is 5.02 Å². The molecule has 2 aromatic heterocycles. The maximum atomic E-state index is 13.9. The summed E-state index contributed by atoms with van der Waals surface area (Å²) in [7, 11) is 0. The van der Waals surface area contributed by atoms with E-state index in [9.17, 15) is 9.18 Å². The summed E-state index contributed by atoms with van der Waals surface area (Å²) in [6, 6.07) is 16.8. The third kappa shape index (κ3) is 5.10. The van der Waals surface area contributed by atoms with Gasteiger partial charge in [-0.05, 0) is 37.3 Å². The minimum atomic E-state index is -0.406. The Morgan fingerprint density at radius 3 is 2.77 bits per heavy atom. The van der Waals surface area contributed by atoms with Crippen molar-refractivity contribution in [2.24, 2.45) is 0 Å². The van der Waals surface area contributed by atoms with Crippen LogP contribution in [-0.2, 0) is 13.3 Å². The molecule has 7 nitrogen and oxygen atoms in total. The molecule has 0 radical (unpaired) electrons. The van der Waals surface area contributed by atoms with Gasteiger partial charge in [0.2, 0.25) is 0 Å². The zero-order valence-electron chi connectivity index (χ0n) is 16.6. The maximum Gasteiger partial charge on any atom is 0.277 e. The molecule has 0 fully saturated rings. The van der Waals surface area contributed by atoms with Crippen molar-refractivity contribution in [2.45, 2.75) is 20.2 Å². The number of benzene rings is 2. The van der Waals surface area contributed by atoms with Crippen molar-refractivity contribution >= 4 is 23.3 Å². The van der Waals surface area contributed by atoms with Crippen molar-refractivity contribution in [1.29, 1.82) is 0 Å². The van der Waals surface area contributed by atoms with Crippen LogP contribution in [0, 0.1) is 12.7 Å². The second kappa shape index (κ2) is 9.01. The third-order valence-electron chi connectivity index (χ3n) is 4.53. The van der Waals surface area contributed by atoms with Crippen LogP contribution in [0.25, 0.3) is 0 Å². The summed E-state index contributed by atoms with van der Waals surface area (Å²) >= 11 is 5.93. The molecule has 2 aromatic carbocycles. The number of nitrogens with zero attached hydrogens (tertiary/aromatic N) is 4. The van der Waals surface area contributed by atoms with Gasteiger partial charge in [-0.3, -0.25) is 9.48 Å². The standard InChI is InChI=1S/C22H19ClFN5O2/c1-15-11-21(27-29(15)13-16-5-2-3-8-19(16)24)25-22(30)20-9-10-28(26-20)14-31-18-7-4-6-17(23)12-18/h2-12H,13-14H2,1H3,(H,25,27,30). The maximum absolute atomic E-state index is 13.9. The van der Waals surface area contributed by atoms with E-state index in [1.165, 1.54) is 10.7 Å². The Bertz CT molecular complexity index is 1220. The molecule has 1 amide bonds. The summed E-state index contributed by atoms with van der Waals surface area (Å²) < 4.78 is 22.6. The van der Waals surface area contributed by atoms with E-state index in [0.29, 0.717) is 22.2 Å². The van der Waals surface area contributed by atoms with E-state index in [-0.39, 0.29) is 24.8 Å². The number of carbonyl (C=O) groups excluding carboxylic acids is 1. The highest BCUT2D eigenvalue weighted by molar-refractivity contribution is 6.30. The quantitative estimate of drug-likeness (QED) is 0.459. The van der Waals surface area contributed by atoms with E-state index in [4.69, 9.17) is 16.3 Å². The van der Waals surface area contributed by atoms with Crippen LogP contribution in [-0.4, -0.2) is 25.5 Å². The van der Waals surface area contributed by atoms with Crippen LogP contribution in [0.1, 0.15) is 21.7 Å². The second-order valence-corrected chi connectivity index (χ2v) is 7.28. The summed E-state index contributed by atoms with van der Waals surface area (Å²) in [5.74, 6) is 0.263. The number of rotatable bonds is 7. The van der Waals surface area contributed by atoms with Crippen molar-refractivity contribution in [3.63, 3.8) is 0 Å². The Hall–Kier alpha value is -3.65. The lowest BCUT2D eigenvalue weighted by Gasteiger charge is -2.06. The van der Waals surface area contributed by atoms with Crippen molar-refractivity contribution in [1.82, 2.24) is 19.6 Å². The Kier molecular flexibility index (Phi) is 5.99. The number of aryl methyl sites for hydroxylation is 1. The second-order valence-electron chi connectivity index (χ2n) is 6.85. The average molecular weight is 440 g/mol. The molecular formula is C22H19ClFN5O2. The van der Waals surface area contributed by atoms with Crippen molar-refractivity contribution in [3.8, 4) is 5.75 Å². The lowest BCUT2D eigenvalue weighted by atomic mass is 10.2. The Morgan fingerprint density at radius 1 is 1.13 bits per heavy atom. The van der Waals surface area contributed by atoms with E-state index >= 15 is 0 Å². The molecular weight excluding hydrogens is 421 g/mol. The number of nitrogens with one attached hydrogen (secondary N) is 1. The number of halogens is 2. The molecule has 0 aliphatic carbocycles. The van der Waals surface area contributed by atoms with Gasteiger partial charge in [-0.25, -0.2) is 9.07 Å². The lowest BCUT2D eigenvalue weighted by molar-refractivity contribution is 0.101. The minimum Gasteiger partial charge on any atom is -0.471 e. The van der Waals surface area contributed by atoms with Gasteiger partial charge in [0, 0.05) is 28.5 Å². The summed E-state index contributed by atoms with van der Waals surface area (Å²) in [5, 5.41) is 11.9. The van der Waals surface area contributed by atoms with Gasteiger partial charge in [0.05, 0.1) is 6.54 Å². The molecule has 4 rings (SSSR count). The fourth-order valence-electron chi connectivity index (χ4n) is 2.95. The largest absolute Gasteiger partial charge is 0.471 e. The molecule has 0 saturated heterocycles. The van der Waals surface area contributed by atoms with Crippen molar-refractivity contribution < 1.29 is 13.9 Å². The molecule has 158 valence electrons. The number of hydrogen-bond donors (Lipinski definition) is 1. The first-order valence-corrected chi connectivity index (χ1v) is 9.87. The first-order valence-electron chi connectivity index (χ1n) is 9.49. The van der Waals surface area contributed by atoms with Gasteiger partial charge in [0.15, 0.2) is 18.2 Å². The molecule has 0 bridgehead atoms. The normalized spacial score (nSPS) is 10.8. The lowest BCUT2D eigenvalue weighted by Crippen LogP contribution is -2.15. The molecule has 31 heavy (non-hydrogen) atoms. The zero-order chi connectivity index (χ0) is 21.8. The fourth-order valence-corrected chi connectivity index (χ4v) is 3.13. The first-order chi connectivity index (χ1) is 15.0. The van der Waals surface area contributed by atoms with E-state index in [1.807, 2.05) is 6.92 Å². The summed E-state index contributed by atoms with van der Waals surface area (Å²) in [4.78, 5) is 12.5. The van der Waals surface area contributed by atoms with Crippen molar-refractivity contribution in [3.05, 3.63) is 94.7 Å². The highest BCUT2D eigenvalue weighted by atomic mass is 35.5. The van der Waals surface area contributed by atoms with Crippen LogP contribution in [0.4, 0.5) is 10.2 Å². The van der Waals surface area contributed by atoms with Gasteiger partial charge in [-0.2, -0.15) is 10.2 Å². The fraction of sp³-hybridized carbons (Fsp3) is 0.136. The number of amides is 1. The van der Waals surface area contributed by atoms with Crippen LogP contribution in [0.3, 0.4) is 0 Å². The highest BCUT2D eigenvalue weighted by Crippen LogP contribution is 2.18. The molecule has 0 unspecified atom stereocenters. The molecule has 0 aliphatic heterocycles. The smallest absolute Gasteiger partial charge is 0.277 e. The van der Waals surface area contributed by atoms with Gasteiger partial charge in [0.1, 0.15) is 11.6 Å². The number of anilines is 1. The molecule has 4 aromatic rings. The monoisotopic (exact) mass is 439 g/mol. The molecule has 0 atom stereocenters. The molecule has 1 N–H and O–H groups in total. The van der Waals surface area contributed by atoms with Crippen LogP contribution < -0.4 is 10.1 Å². The van der Waals surface area contributed by atoms with Crippen LogP contribution in [0.5, 0.6) is 5.75 Å². The molecule has 0 spiro atoms. The van der Waals surface area contributed by atoms with Gasteiger partial charge in [0.25, 0.3) is 5.91 Å².